The van der Waals surface area contributed by atoms with Crippen LogP contribution in [0.1, 0.15) is 11.1 Å². The average Bonchev–Trinajstić information content (AvgIpc) is 3.74. The molecule has 0 radical (unpaired) electrons. The van der Waals surface area contributed by atoms with Gasteiger partial charge in [0.15, 0.2) is 0 Å². The predicted octanol–water partition coefficient (Wildman–Crippen LogP) is 7.92. The molecular formula is C37H22N6OPt. The smallest absolute Gasteiger partial charge is 0.509 e. The normalized spacial score (nSPS) is 15.8. The Balaban J connectivity index is 0.00000281. The maximum atomic E-state index is 6.34. The van der Waals surface area contributed by atoms with Crippen LogP contribution in [0.4, 0.5) is 34.1 Å². The summed E-state index contributed by atoms with van der Waals surface area (Å²) >= 11 is 0. The predicted molar refractivity (Wildman–Crippen MR) is 170 cm³/mol. The fourth-order valence-corrected chi connectivity index (χ4v) is 7.04. The number of hydrogen-bond donors (Lipinski definition) is 0. The molecule has 0 saturated heterocycles. The molecule has 0 fully saturated rings. The van der Waals surface area contributed by atoms with E-state index in [0.29, 0.717) is 11.5 Å². The first kappa shape index (κ1) is 26.3. The monoisotopic (exact) mass is 761 g/mol. The summed E-state index contributed by atoms with van der Waals surface area (Å²) in [4.78, 5) is 18.9. The molecule has 1 spiro atoms. The molecule has 3 aliphatic heterocycles. The van der Waals surface area contributed by atoms with Crippen LogP contribution in [-0.4, -0.2) is 9.97 Å². The molecule has 5 heterocycles. The van der Waals surface area contributed by atoms with E-state index in [-0.39, 0.29) is 21.1 Å². The number of ether oxygens (including phenoxy) is 1. The molecule has 1 aliphatic carbocycles. The Morgan fingerprint density at radius 3 is 1.49 bits per heavy atom. The second kappa shape index (κ2) is 9.68. The third kappa shape index (κ3) is 3.50. The third-order valence-electron chi connectivity index (χ3n) is 8.80. The number of benzene rings is 4. The van der Waals surface area contributed by atoms with Gasteiger partial charge in [-0.2, -0.15) is 12.1 Å². The summed E-state index contributed by atoms with van der Waals surface area (Å²) in [5, 5.41) is 0. The van der Waals surface area contributed by atoms with Crippen LogP contribution >= 0.6 is 0 Å². The van der Waals surface area contributed by atoms with Crippen molar-refractivity contribution in [2.24, 2.45) is 0 Å². The molecule has 0 atom stereocenters. The third-order valence-corrected chi connectivity index (χ3v) is 8.80. The van der Waals surface area contributed by atoms with E-state index in [0.717, 1.165) is 56.6 Å². The molecule has 4 aromatic carbocycles. The average molecular weight is 762 g/mol. The Morgan fingerprint density at radius 2 is 1.00 bits per heavy atom. The number of anilines is 6. The summed E-state index contributed by atoms with van der Waals surface area (Å²) in [5.74, 6) is 1.23. The van der Waals surface area contributed by atoms with Crippen LogP contribution < -0.4 is 24.3 Å². The van der Waals surface area contributed by atoms with E-state index in [1.807, 2.05) is 48.8 Å². The number of pyridine rings is 2. The zero-order valence-electron chi connectivity index (χ0n) is 23.6. The van der Waals surface area contributed by atoms with Gasteiger partial charge in [0.05, 0.1) is 11.4 Å². The fraction of sp³-hybridized carbons (Fsp3) is 0.0270. The Bertz CT molecular complexity index is 1980. The number of rotatable bonds is 0. The molecule has 6 aromatic rings. The van der Waals surface area contributed by atoms with Gasteiger partial charge in [0.2, 0.25) is 0 Å². The zero-order chi connectivity index (χ0) is 28.8. The van der Waals surface area contributed by atoms with Crippen LogP contribution in [0.5, 0.6) is 11.5 Å². The standard InChI is InChI=1S/C37H22N6O.Pt/c1-3-17-33-31(15-1)40-23-42(33)37(29-13-7-19-38-35(29)36-30(37)14-8-20-39-36)43-24-41(32-16-2-4-18-34(32)43)26-10-6-12-28(22-26)44-27-11-5-9-25(40)21-27;/h1-20,23-24H;/q-4;+4. The second-order valence-corrected chi connectivity index (χ2v) is 11.1. The van der Waals surface area contributed by atoms with Gasteiger partial charge < -0.3 is 24.3 Å². The Labute approximate surface area is 275 Å². The second-order valence-electron chi connectivity index (χ2n) is 11.1. The van der Waals surface area contributed by atoms with E-state index >= 15 is 0 Å². The van der Waals surface area contributed by atoms with Gasteiger partial charge in [-0.15, -0.1) is 61.1 Å². The van der Waals surface area contributed by atoms with Crippen LogP contribution in [0.2, 0.25) is 0 Å². The van der Waals surface area contributed by atoms with Gasteiger partial charge in [-0.05, 0) is 36.4 Å². The van der Waals surface area contributed by atoms with Crippen LogP contribution in [0.25, 0.3) is 11.4 Å². The molecule has 4 aliphatic rings. The van der Waals surface area contributed by atoms with Crippen molar-refractivity contribution in [3.8, 4) is 22.9 Å². The van der Waals surface area contributed by atoms with Gasteiger partial charge in [-0.3, -0.25) is 9.97 Å². The van der Waals surface area contributed by atoms with Gasteiger partial charge in [-0.25, -0.2) is 0 Å². The molecule has 45 heavy (non-hydrogen) atoms. The first-order chi connectivity index (χ1) is 21.8. The van der Waals surface area contributed by atoms with E-state index in [9.17, 15) is 0 Å². The first-order valence-electron chi connectivity index (χ1n) is 14.5. The molecule has 0 N–H and O–H groups in total. The van der Waals surface area contributed by atoms with Crippen molar-refractivity contribution in [1.82, 2.24) is 9.97 Å². The van der Waals surface area contributed by atoms with Gasteiger partial charge in [0.25, 0.3) is 0 Å². The van der Waals surface area contributed by atoms with Crippen molar-refractivity contribution in [3.63, 3.8) is 0 Å². The molecule has 7 nitrogen and oxygen atoms in total. The fourth-order valence-electron chi connectivity index (χ4n) is 7.04. The minimum atomic E-state index is -0.876. The maximum Gasteiger partial charge on any atom is 4.00 e. The molecule has 10 rings (SSSR count). The number of hydrogen-bond acceptors (Lipinski definition) is 7. The molecule has 216 valence electrons. The van der Waals surface area contributed by atoms with E-state index in [4.69, 9.17) is 14.7 Å². The Kier molecular flexibility index (Phi) is 5.66. The zero-order valence-corrected chi connectivity index (χ0v) is 25.9. The Morgan fingerprint density at radius 1 is 0.533 bits per heavy atom. The van der Waals surface area contributed by atoms with Gasteiger partial charge >= 0.3 is 21.1 Å². The van der Waals surface area contributed by atoms with Crippen molar-refractivity contribution in [1.29, 1.82) is 0 Å². The first-order valence-corrected chi connectivity index (χ1v) is 14.5. The van der Waals surface area contributed by atoms with Crippen LogP contribution in [-0.2, 0) is 26.7 Å². The molecule has 8 bridgehead atoms. The molecule has 0 saturated carbocycles. The van der Waals surface area contributed by atoms with Crippen molar-refractivity contribution < 1.29 is 25.8 Å². The van der Waals surface area contributed by atoms with Crippen LogP contribution in [0.15, 0.2) is 122 Å². The number of nitrogens with zero attached hydrogens (tertiary/aromatic N) is 6. The summed E-state index contributed by atoms with van der Waals surface area (Å²) in [7, 11) is 0. The van der Waals surface area contributed by atoms with Gasteiger partial charge in [-0.1, -0.05) is 36.4 Å². The van der Waals surface area contributed by atoms with Crippen LogP contribution in [0.3, 0.4) is 0 Å². The van der Waals surface area contributed by atoms with Crippen molar-refractivity contribution in [2.45, 2.75) is 5.66 Å². The number of para-hydroxylation sites is 4. The number of aromatic nitrogens is 2. The van der Waals surface area contributed by atoms with Crippen molar-refractivity contribution in [3.05, 3.63) is 158 Å². The summed E-state index contributed by atoms with van der Waals surface area (Å²) in [6, 6.07) is 44.4. The Hall–Kier alpha value is -5.13. The van der Waals surface area contributed by atoms with Crippen LogP contribution in [0, 0.1) is 25.5 Å². The molecule has 8 heteroatoms. The SMILES string of the molecule is [Pt+4].[c-]1c2cccc1N1[CH-]N(c3ccccc31)C1(c3cccnc3-c3ncccc31)N1[CH-]N(c3[c-]c(ccc3)O2)c2ccccc21. The quantitative estimate of drug-likeness (QED) is 0.146. The topological polar surface area (TPSA) is 48.0 Å². The summed E-state index contributed by atoms with van der Waals surface area (Å²) < 4.78 is 6.34. The molecule has 0 unspecified atom stereocenters. The summed E-state index contributed by atoms with van der Waals surface area (Å²) in [6.45, 7) is 4.35. The molecular weight excluding hydrogens is 740 g/mol. The van der Waals surface area contributed by atoms with E-state index in [1.165, 1.54) is 0 Å². The molecule has 2 aromatic heterocycles. The van der Waals surface area contributed by atoms with E-state index in [2.05, 4.69) is 118 Å². The minimum Gasteiger partial charge on any atom is -0.509 e. The van der Waals surface area contributed by atoms with Crippen molar-refractivity contribution in [2.75, 3.05) is 19.6 Å². The van der Waals surface area contributed by atoms with E-state index < -0.39 is 5.66 Å². The minimum absolute atomic E-state index is 0. The largest absolute Gasteiger partial charge is 4.00 e. The number of fused-ring (bicyclic) bond motifs is 23. The molecule has 0 amide bonds. The van der Waals surface area contributed by atoms with Gasteiger partial charge in [0, 0.05) is 57.8 Å². The van der Waals surface area contributed by atoms with Gasteiger partial charge in [0.1, 0.15) is 5.66 Å². The maximum absolute atomic E-state index is 6.34. The van der Waals surface area contributed by atoms with Crippen molar-refractivity contribution >= 4 is 34.1 Å². The van der Waals surface area contributed by atoms with E-state index in [1.54, 1.807) is 0 Å². The summed E-state index contributed by atoms with van der Waals surface area (Å²) in [5.41, 5.74) is 8.84. The summed E-state index contributed by atoms with van der Waals surface area (Å²) in [6.07, 6.45) is 3.70.